The molecule has 2 heterocycles. The third-order valence-corrected chi connectivity index (χ3v) is 3.02. The lowest BCUT2D eigenvalue weighted by atomic mass is 9.88. The highest BCUT2D eigenvalue weighted by Crippen LogP contribution is 2.37. The van der Waals surface area contributed by atoms with Crippen molar-refractivity contribution >= 4 is 0 Å². The number of halogens is 2. The van der Waals surface area contributed by atoms with Crippen LogP contribution in [-0.2, 0) is 0 Å². The van der Waals surface area contributed by atoms with Crippen LogP contribution in [0.25, 0.3) is 0 Å². The minimum Gasteiger partial charge on any atom is -0.619 e. The smallest absolute Gasteiger partial charge is 0.257 e. The summed E-state index contributed by atoms with van der Waals surface area (Å²) < 4.78 is 28.0. The van der Waals surface area contributed by atoms with Gasteiger partial charge in [0.1, 0.15) is 0 Å². The number of alkyl halides is 2. The van der Waals surface area contributed by atoms with Crippen LogP contribution < -0.4 is 10.0 Å². The van der Waals surface area contributed by atoms with E-state index in [1.165, 1.54) is 12.3 Å². The molecule has 1 aromatic heterocycles. The van der Waals surface area contributed by atoms with Crippen molar-refractivity contribution in [1.29, 1.82) is 0 Å². The first-order chi connectivity index (χ1) is 7.50. The van der Waals surface area contributed by atoms with Gasteiger partial charge >= 0.3 is 0 Å². The molecule has 0 saturated carbocycles. The third-order valence-electron chi connectivity index (χ3n) is 3.02. The summed E-state index contributed by atoms with van der Waals surface area (Å²) in [5, 5.41) is 14.1. The Bertz CT molecular complexity index is 396. The van der Waals surface area contributed by atoms with Crippen LogP contribution in [-0.4, -0.2) is 19.0 Å². The van der Waals surface area contributed by atoms with Crippen molar-refractivity contribution in [1.82, 2.24) is 5.32 Å². The Morgan fingerprint density at radius 2 is 2.31 bits per heavy atom. The Morgan fingerprint density at radius 1 is 1.56 bits per heavy atom. The molecule has 0 bridgehead atoms. The maximum Gasteiger partial charge on any atom is 0.257 e. The summed E-state index contributed by atoms with van der Waals surface area (Å²) in [6.45, 7) is 2.22. The topological polar surface area (TPSA) is 39.0 Å². The number of nitrogens with zero attached hydrogens (tertiary/aromatic N) is 1. The van der Waals surface area contributed by atoms with Crippen LogP contribution in [0.1, 0.15) is 23.6 Å². The van der Waals surface area contributed by atoms with E-state index < -0.39 is 11.8 Å². The van der Waals surface area contributed by atoms with Gasteiger partial charge in [-0.3, -0.25) is 0 Å². The predicted molar refractivity (Wildman–Crippen MR) is 55.3 cm³/mol. The van der Waals surface area contributed by atoms with Crippen molar-refractivity contribution in [2.24, 2.45) is 0 Å². The average Bonchev–Trinajstić information content (AvgIpc) is 2.22. The van der Waals surface area contributed by atoms with E-state index in [1.807, 2.05) is 0 Å². The summed E-state index contributed by atoms with van der Waals surface area (Å²) >= 11 is 0. The Morgan fingerprint density at radius 3 is 2.94 bits per heavy atom. The van der Waals surface area contributed by atoms with Gasteiger partial charge in [0.05, 0.1) is 5.92 Å². The highest BCUT2D eigenvalue weighted by atomic mass is 19.3. The standard InChI is InChI=1S/C11H14F2N2O/c1-8-6-9(2-5-15(8)16)10-7-14-4-3-11(10,12)13/h2,5-6,10,14H,3-4,7H2,1H3. The lowest BCUT2D eigenvalue weighted by Gasteiger charge is -2.32. The van der Waals surface area contributed by atoms with Crippen LogP contribution in [0.4, 0.5) is 8.78 Å². The van der Waals surface area contributed by atoms with Gasteiger partial charge in [0.2, 0.25) is 0 Å². The largest absolute Gasteiger partial charge is 0.619 e. The summed E-state index contributed by atoms with van der Waals surface area (Å²) in [6.07, 6.45) is 1.14. The Kier molecular flexibility index (Phi) is 2.80. The first-order valence-electron chi connectivity index (χ1n) is 5.29. The quantitative estimate of drug-likeness (QED) is 0.582. The van der Waals surface area contributed by atoms with Gasteiger partial charge in [-0.1, -0.05) is 0 Å². The molecule has 1 fully saturated rings. The summed E-state index contributed by atoms with van der Waals surface area (Å²) in [6, 6.07) is 3.02. The van der Waals surface area contributed by atoms with Crippen molar-refractivity contribution in [3.05, 3.63) is 34.8 Å². The van der Waals surface area contributed by atoms with E-state index in [2.05, 4.69) is 5.32 Å². The molecule has 0 amide bonds. The molecule has 0 radical (unpaired) electrons. The number of hydrogen-bond acceptors (Lipinski definition) is 2. The van der Waals surface area contributed by atoms with Crippen molar-refractivity contribution < 1.29 is 13.5 Å². The molecular weight excluding hydrogens is 214 g/mol. The molecule has 0 spiro atoms. The first kappa shape index (κ1) is 11.3. The van der Waals surface area contributed by atoms with Crippen LogP contribution >= 0.6 is 0 Å². The molecule has 5 heteroatoms. The second kappa shape index (κ2) is 3.97. The fraction of sp³-hybridized carbons (Fsp3) is 0.545. The number of aryl methyl sites for hydroxylation is 1. The predicted octanol–water partition coefficient (Wildman–Crippen LogP) is 1.34. The second-order valence-electron chi connectivity index (χ2n) is 4.19. The van der Waals surface area contributed by atoms with Gasteiger partial charge in [-0.05, 0) is 5.56 Å². The molecule has 1 saturated heterocycles. The van der Waals surface area contributed by atoms with E-state index in [1.54, 1.807) is 13.0 Å². The Hall–Kier alpha value is -1.23. The number of aromatic nitrogens is 1. The van der Waals surface area contributed by atoms with Gasteiger partial charge in [-0.25, -0.2) is 8.78 Å². The van der Waals surface area contributed by atoms with E-state index in [4.69, 9.17) is 0 Å². The fourth-order valence-corrected chi connectivity index (χ4v) is 2.03. The molecule has 1 aliphatic rings. The third kappa shape index (κ3) is 2.00. The molecule has 1 N–H and O–H groups in total. The zero-order valence-corrected chi connectivity index (χ0v) is 9.04. The molecule has 1 atom stereocenters. The Labute approximate surface area is 92.7 Å². The maximum absolute atomic E-state index is 13.7. The zero-order valence-electron chi connectivity index (χ0n) is 9.04. The molecule has 2 rings (SSSR count). The van der Waals surface area contributed by atoms with Gasteiger partial charge in [0.25, 0.3) is 5.92 Å². The van der Waals surface area contributed by atoms with Crippen LogP contribution in [0, 0.1) is 12.1 Å². The van der Waals surface area contributed by atoms with E-state index in [9.17, 15) is 14.0 Å². The van der Waals surface area contributed by atoms with E-state index in [0.29, 0.717) is 22.5 Å². The summed E-state index contributed by atoms with van der Waals surface area (Å²) in [5.74, 6) is -3.52. The molecule has 1 unspecified atom stereocenters. The molecular formula is C11H14F2N2O. The number of nitrogens with one attached hydrogen (secondary N) is 1. The number of rotatable bonds is 1. The maximum atomic E-state index is 13.7. The normalized spacial score (nSPS) is 24.3. The monoisotopic (exact) mass is 228 g/mol. The molecule has 16 heavy (non-hydrogen) atoms. The van der Waals surface area contributed by atoms with Crippen molar-refractivity contribution in [3.63, 3.8) is 0 Å². The van der Waals surface area contributed by atoms with Crippen LogP contribution in [0.2, 0.25) is 0 Å². The number of pyridine rings is 1. The van der Waals surface area contributed by atoms with E-state index in [-0.39, 0.29) is 13.0 Å². The lowest BCUT2D eigenvalue weighted by Crippen LogP contribution is -2.43. The van der Waals surface area contributed by atoms with Gasteiger partial charge in [0.15, 0.2) is 11.9 Å². The highest BCUT2D eigenvalue weighted by Gasteiger charge is 2.42. The number of hydrogen-bond donors (Lipinski definition) is 1. The van der Waals surface area contributed by atoms with Crippen LogP contribution in [0.5, 0.6) is 0 Å². The summed E-state index contributed by atoms with van der Waals surface area (Å²) in [5.41, 5.74) is 0.973. The summed E-state index contributed by atoms with van der Waals surface area (Å²) in [7, 11) is 0. The minimum absolute atomic E-state index is 0.150. The lowest BCUT2D eigenvalue weighted by molar-refractivity contribution is -0.612. The van der Waals surface area contributed by atoms with Crippen LogP contribution in [0.3, 0.4) is 0 Å². The summed E-state index contributed by atoms with van der Waals surface area (Å²) in [4.78, 5) is 0. The van der Waals surface area contributed by atoms with Gasteiger partial charge in [-0.2, -0.15) is 4.73 Å². The molecule has 0 aliphatic carbocycles. The second-order valence-corrected chi connectivity index (χ2v) is 4.19. The average molecular weight is 228 g/mol. The first-order valence-corrected chi connectivity index (χ1v) is 5.29. The molecule has 88 valence electrons. The fourth-order valence-electron chi connectivity index (χ4n) is 2.03. The van der Waals surface area contributed by atoms with Crippen molar-refractivity contribution in [3.8, 4) is 0 Å². The molecule has 3 nitrogen and oxygen atoms in total. The van der Waals surface area contributed by atoms with E-state index >= 15 is 0 Å². The Balaban J connectivity index is 2.31. The SMILES string of the molecule is Cc1cc(C2CNCCC2(F)F)cc[n+]1[O-]. The van der Waals surface area contributed by atoms with Gasteiger partial charge in [-0.15, -0.1) is 0 Å². The molecule has 1 aromatic rings. The van der Waals surface area contributed by atoms with E-state index in [0.717, 1.165) is 0 Å². The zero-order chi connectivity index (χ0) is 11.8. The molecule has 0 aromatic carbocycles. The van der Waals surface area contributed by atoms with Crippen molar-refractivity contribution in [2.75, 3.05) is 13.1 Å². The van der Waals surface area contributed by atoms with Gasteiger partial charge in [0, 0.05) is 38.6 Å². The minimum atomic E-state index is -2.69. The van der Waals surface area contributed by atoms with Gasteiger partial charge < -0.3 is 10.5 Å². The molecule has 1 aliphatic heterocycles. The highest BCUT2D eigenvalue weighted by molar-refractivity contribution is 5.21. The van der Waals surface area contributed by atoms with Crippen LogP contribution in [0.15, 0.2) is 18.3 Å². The van der Waals surface area contributed by atoms with Crippen molar-refractivity contribution in [2.45, 2.75) is 25.2 Å². The number of piperidine rings is 1.